The van der Waals surface area contributed by atoms with Crippen LogP contribution < -0.4 is 10.1 Å². The van der Waals surface area contributed by atoms with Crippen LogP contribution in [0.15, 0.2) is 42.5 Å². The SMILES string of the molecule is COc1c(Cl)ccc(Cl)c1C(=O)NCC1(c2ccccc2)CC1. The van der Waals surface area contributed by atoms with Crippen LogP contribution in [0.4, 0.5) is 0 Å². The maximum absolute atomic E-state index is 12.6. The number of hydrogen-bond acceptors (Lipinski definition) is 2. The Morgan fingerprint density at radius 1 is 1.13 bits per heavy atom. The second-order valence-corrected chi connectivity index (χ2v) is 6.58. The van der Waals surface area contributed by atoms with E-state index >= 15 is 0 Å². The van der Waals surface area contributed by atoms with Crippen LogP contribution in [0.5, 0.6) is 5.75 Å². The van der Waals surface area contributed by atoms with Gasteiger partial charge in [-0.3, -0.25) is 4.79 Å². The van der Waals surface area contributed by atoms with Gasteiger partial charge in [-0.2, -0.15) is 0 Å². The van der Waals surface area contributed by atoms with Gasteiger partial charge in [-0.25, -0.2) is 0 Å². The van der Waals surface area contributed by atoms with Gasteiger partial charge < -0.3 is 10.1 Å². The highest BCUT2D eigenvalue weighted by atomic mass is 35.5. The maximum Gasteiger partial charge on any atom is 0.256 e. The third-order valence-electron chi connectivity index (χ3n) is 4.32. The Labute approximate surface area is 145 Å². The zero-order chi connectivity index (χ0) is 16.4. The summed E-state index contributed by atoms with van der Waals surface area (Å²) in [5.74, 6) is 0.0396. The Morgan fingerprint density at radius 3 is 2.39 bits per heavy atom. The normalized spacial score (nSPS) is 15.1. The fourth-order valence-corrected chi connectivity index (χ4v) is 3.26. The number of carbonyl (C=O) groups is 1. The fraction of sp³-hybridized carbons (Fsp3) is 0.278. The molecule has 0 heterocycles. The molecule has 0 unspecified atom stereocenters. The summed E-state index contributed by atoms with van der Waals surface area (Å²) in [5, 5.41) is 3.67. The van der Waals surface area contributed by atoms with Crippen molar-refractivity contribution < 1.29 is 9.53 Å². The minimum atomic E-state index is -0.267. The molecule has 1 saturated carbocycles. The molecule has 3 rings (SSSR count). The number of benzene rings is 2. The summed E-state index contributed by atoms with van der Waals surface area (Å²) in [6.45, 7) is 0.571. The molecule has 0 radical (unpaired) electrons. The molecule has 1 amide bonds. The summed E-state index contributed by atoms with van der Waals surface area (Å²) in [6, 6.07) is 13.5. The first-order chi connectivity index (χ1) is 11.1. The number of amides is 1. The molecule has 2 aromatic rings. The summed E-state index contributed by atoms with van der Waals surface area (Å²) in [7, 11) is 1.47. The van der Waals surface area contributed by atoms with Gasteiger partial charge in [0.2, 0.25) is 0 Å². The van der Waals surface area contributed by atoms with Gasteiger partial charge in [0.1, 0.15) is 5.56 Å². The first-order valence-corrected chi connectivity index (χ1v) is 8.19. The molecular formula is C18H17Cl2NO2. The fourth-order valence-electron chi connectivity index (χ4n) is 2.79. The number of nitrogens with one attached hydrogen (secondary N) is 1. The third kappa shape index (κ3) is 3.17. The molecule has 23 heavy (non-hydrogen) atoms. The highest BCUT2D eigenvalue weighted by molar-refractivity contribution is 6.37. The lowest BCUT2D eigenvalue weighted by molar-refractivity contribution is 0.0947. The van der Waals surface area contributed by atoms with Crippen LogP contribution in [-0.2, 0) is 5.41 Å². The van der Waals surface area contributed by atoms with E-state index in [0.29, 0.717) is 22.3 Å². The van der Waals surface area contributed by atoms with Gasteiger partial charge in [-0.05, 0) is 30.5 Å². The van der Waals surface area contributed by atoms with E-state index in [4.69, 9.17) is 27.9 Å². The number of ether oxygens (including phenoxy) is 1. The van der Waals surface area contributed by atoms with Gasteiger partial charge in [0.15, 0.2) is 5.75 Å². The number of rotatable bonds is 5. The lowest BCUT2D eigenvalue weighted by atomic mass is 9.96. The van der Waals surface area contributed by atoms with Crippen molar-refractivity contribution in [3.8, 4) is 5.75 Å². The predicted molar refractivity (Wildman–Crippen MR) is 92.7 cm³/mol. The number of carbonyl (C=O) groups excluding carboxylic acids is 1. The standard InChI is InChI=1S/C18H17Cl2NO2/c1-23-16-14(20)8-7-13(19)15(16)17(22)21-11-18(9-10-18)12-5-3-2-4-6-12/h2-8H,9-11H2,1H3,(H,21,22). The summed E-state index contributed by atoms with van der Waals surface area (Å²) in [5.41, 5.74) is 1.57. The van der Waals surface area contributed by atoms with Gasteiger partial charge in [0.25, 0.3) is 5.91 Å². The van der Waals surface area contributed by atoms with Crippen molar-refractivity contribution in [3.63, 3.8) is 0 Å². The van der Waals surface area contributed by atoms with Crippen molar-refractivity contribution >= 4 is 29.1 Å². The monoisotopic (exact) mass is 349 g/mol. The molecule has 0 bridgehead atoms. The molecule has 1 N–H and O–H groups in total. The average molecular weight is 350 g/mol. The Kier molecular flexibility index (Phi) is 4.51. The zero-order valence-corrected chi connectivity index (χ0v) is 14.2. The van der Waals surface area contributed by atoms with Gasteiger partial charge in [0.05, 0.1) is 17.2 Å². The molecule has 120 valence electrons. The van der Waals surface area contributed by atoms with Crippen LogP contribution in [0.1, 0.15) is 28.8 Å². The molecule has 0 spiro atoms. The van der Waals surface area contributed by atoms with Crippen LogP contribution in [0.25, 0.3) is 0 Å². The van der Waals surface area contributed by atoms with Gasteiger partial charge in [-0.15, -0.1) is 0 Å². The van der Waals surface area contributed by atoms with E-state index in [9.17, 15) is 4.79 Å². The molecule has 0 aliphatic heterocycles. The Bertz CT molecular complexity index is 727. The minimum absolute atomic E-state index is 0.0369. The predicted octanol–water partition coefficient (Wildman–Crippen LogP) is 4.46. The number of hydrogen-bond donors (Lipinski definition) is 1. The van der Waals surface area contributed by atoms with Gasteiger partial charge in [0, 0.05) is 12.0 Å². The molecule has 1 aliphatic carbocycles. The maximum atomic E-state index is 12.6. The van der Waals surface area contributed by atoms with Crippen LogP contribution in [0.2, 0.25) is 10.0 Å². The largest absolute Gasteiger partial charge is 0.494 e. The summed E-state index contributed by atoms with van der Waals surface area (Å²) in [4.78, 5) is 12.6. The van der Waals surface area contributed by atoms with E-state index in [2.05, 4.69) is 17.4 Å². The summed E-state index contributed by atoms with van der Waals surface area (Å²) in [6.07, 6.45) is 2.13. The van der Waals surface area contributed by atoms with Crippen molar-refractivity contribution in [2.45, 2.75) is 18.3 Å². The van der Waals surface area contributed by atoms with Crippen molar-refractivity contribution in [3.05, 3.63) is 63.6 Å². The molecule has 0 atom stereocenters. The van der Waals surface area contributed by atoms with Crippen LogP contribution >= 0.6 is 23.2 Å². The Hall–Kier alpha value is -1.71. The van der Waals surface area contributed by atoms with E-state index < -0.39 is 0 Å². The lowest BCUT2D eigenvalue weighted by Crippen LogP contribution is -2.32. The van der Waals surface area contributed by atoms with Crippen molar-refractivity contribution in [2.75, 3.05) is 13.7 Å². The number of halogens is 2. The lowest BCUT2D eigenvalue weighted by Gasteiger charge is -2.18. The molecule has 1 aliphatic rings. The molecule has 2 aromatic carbocycles. The van der Waals surface area contributed by atoms with Gasteiger partial charge >= 0.3 is 0 Å². The van der Waals surface area contributed by atoms with E-state index in [1.807, 2.05) is 18.2 Å². The first-order valence-electron chi connectivity index (χ1n) is 7.43. The minimum Gasteiger partial charge on any atom is -0.494 e. The van der Waals surface area contributed by atoms with E-state index in [-0.39, 0.29) is 16.9 Å². The average Bonchev–Trinajstić information content (AvgIpc) is 3.36. The van der Waals surface area contributed by atoms with E-state index in [1.165, 1.54) is 12.7 Å². The van der Waals surface area contributed by atoms with Gasteiger partial charge in [-0.1, -0.05) is 53.5 Å². The highest BCUT2D eigenvalue weighted by Crippen LogP contribution is 2.47. The molecule has 1 fully saturated rings. The van der Waals surface area contributed by atoms with E-state index in [0.717, 1.165) is 12.8 Å². The topological polar surface area (TPSA) is 38.3 Å². The second kappa shape index (κ2) is 6.42. The van der Waals surface area contributed by atoms with Crippen molar-refractivity contribution in [2.24, 2.45) is 0 Å². The van der Waals surface area contributed by atoms with Crippen LogP contribution in [0, 0.1) is 0 Å². The third-order valence-corrected chi connectivity index (χ3v) is 4.93. The second-order valence-electron chi connectivity index (χ2n) is 5.77. The number of methoxy groups -OCH3 is 1. The molecular weight excluding hydrogens is 333 g/mol. The summed E-state index contributed by atoms with van der Waals surface area (Å²) >= 11 is 12.2. The summed E-state index contributed by atoms with van der Waals surface area (Å²) < 4.78 is 5.23. The smallest absolute Gasteiger partial charge is 0.256 e. The zero-order valence-electron chi connectivity index (χ0n) is 12.7. The molecule has 3 nitrogen and oxygen atoms in total. The molecule has 0 aromatic heterocycles. The quantitative estimate of drug-likeness (QED) is 0.864. The molecule has 5 heteroatoms. The van der Waals surface area contributed by atoms with Crippen molar-refractivity contribution in [1.29, 1.82) is 0 Å². The Balaban J connectivity index is 1.78. The van der Waals surface area contributed by atoms with Crippen LogP contribution in [-0.4, -0.2) is 19.6 Å². The highest BCUT2D eigenvalue weighted by Gasteiger charge is 2.44. The van der Waals surface area contributed by atoms with E-state index in [1.54, 1.807) is 12.1 Å². The Morgan fingerprint density at radius 2 is 1.78 bits per heavy atom. The molecule has 0 saturated heterocycles. The first kappa shape index (κ1) is 16.2. The van der Waals surface area contributed by atoms with Crippen LogP contribution in [0.3, 0.4) is 0 Å². The van der Waals surface area contributed by atoms with Crippen molar-refractivity contribution in [1.82, 2.24) is 5.32 Å².